The molecule has 3 atom stereocenters. The number of halogens is 2. The molecule has 2 heterocycles. The van der Waals surface area contributed by atoms with E-state index in [1.54, 1.807) is 6.20 Å². The molecule has 3 aromatic rings. The smallest absolute Gasteiger partial charge is 0.327 e. The third kappa shape index (κ3) is 9.87. The minimum Gasteiger partial charge on any atom is -0.480 e. The van der Waals surface area contributed by atoms with Gasteiger partial charge in [-0.05, 0) is 48.2 Å². The molecule has 1 aliphatic heterocycles. The van der Waals surface area contributed by atoms with Crippen molar-refractivity contribution in [2.75, 3.05) is 31.1 Å². The number of aliphatic hydroxyl groups is 1. The summed E-state index contributed by atoms with van der Waals surface area (Å²) in [5.41, 5.74) is 7.70. The number of nitrogens with one attached hydrogen (secondary N) is 1. The summed E-state index contributed by atoms with van der Waals surface area (Å²) >= 11 is 1.10. The molecule has 268 valence electrons. The summed E-state index contributed by atoms with van der Waals surface area (Å²) in [5.74, 6) is -4.67. The maximum Gasteiger partial charge on any atom is 0.327 e. The van der Waals surface area contributed by atoms with Gasteiger partial charge in [0.2, 0.25) is 5.91 Å². The van der Waals surface area contributed by atoms with Crippen LogP contribution in [0, 0.1) is 17.0 Å². The maximum absolute atomic E-state index is 15.0. The molecule has 0 bridgehead atoms. The number of nitrogens with two attached hydrogens (primary N) is 1. The molecule has 2 aromatic carbocycles. The van der Waals surface area contributed by atoms with Gasteiger partial charge in [-0.15, -0.1) is 0 Å². The van der Waals surface area contributed by atoms with Crippen molar-refractivity contribution in [3.05, 3.63) is 95.8 Å². The first-order valence-electron chi connectivity index (χ1n) is 16.2. The van der Waals surface area contributed by atoms with Crippen molar-refractivity contribution in [1.29, 1.82) is 0 Å². The number of imide groups is 1. The topological polar surface area (TPSA) is 158 Å². The van der Waals surface area contributed by atoms with Gasteiger partial charge in [0.25, 0.3) is 11.8 Å². The number of hydrogen-bond donors (Lipinski definition) is 4. The molecule has 1 aromatic heterocycles. The molecule has 0 aliphatic carbocycles. The fourth-order valence-electron chi connectivity index (χ4n) is 5.91. The molecule has 4 rings (SSSR count). The van der Waals surface area contributed by atoms with E-state index >= 15 is 4.39 Å². The third-order valence-electron chi connectivity index (χ3n) is 8.19. The van der Waals surface area contributed by atoms with Gasteiger partial charge >= 0.3 is 5.97 Å². The first-order valence-corrected chi connectivity index (χ1v) is 17.3. The summed E-state index contributed by atoms with van der Waals surface area (Å²) in [6.07, 6.45) is 3.25. The number of amides is 3. The number of hydrogen-bond acceptors (Lipinski definition) is 8. The highest BCUT2D eigenvalue weighted by atomic mass is 32.2. The fraction of sp³-hybridized carbons (Fsp3) is 0.389. The summed E-state index contributed by atoms with van der Waals surface area (Å²) in [6, 6.07) is 12.9. The van der Waals surface area contributed by atoms with Crippen molar-refractivity contribution in [1.82, 2.24) is 19.7 Å². The summed E-state index contributed by atoms with van der Waals surface area (Å²) in [4.78, 5) is 50.7. The Labute approximate surface area is 294 Å². The Balaban J connectivity index is 1.60. The molecule has 11 nitrogen and oxygen atoms in total. The Morgan fingerprint density at radius 1 is 1.02 bits per heavy atom. The largest absolute Gasteiger partial charge is 0.480 e. The zero-order valence-electron chi connectivity index (χ0n) is 28.2. The van der Waals surface area contributed by atoms with E-state index in [1.165, 1.54) is 0 Å². The van der Waals surface area contributed by atoms with Crippen LogP contribution in [-0.4, -0.2) is 91.7 Å². The molecule has 0 saturated heterocycles. The van der Waals surface area contributed by atoms with Crippen LogP contribution in [0.5, 0.6) is 0 Å². The number of rotatable bonds is 17. The van der Waals surface area contributed by atoms with Crippen molar-refractivity contribution >= 4 is 35.5 Å². The number of aliphatic hydroxyl groups excluding tert-OH is 1. The minimum atomic E-state index is -1.36. The average Bonchev–Trinajstić information content (AvgIpc) is 3.60. The van der Waals surface area contributed by atoms with Crippen LogP contribution in [0.25, 0.3) is 11.1 Å². The van der Waals surface area contributed by atoms with E-state index in [2.05, 4.69) is 5.32 Å². The minimum absolute atomic E-state index is 0.0502. The molecule has 5 N–H and O–H groups in total. The number of carbonyl (C=O) groups excluding carboxylic acids is 3. The Kier molecular flexibility index (Phi) is 13.1. The van der Waals surface area contributed by atoms with Crippen molar-refractivity contribution in [3.63, 3.8) is 0 Å². The van der Waals surface area contributed by atoms with Gasteiger partial charge < -0.3 is 25.8 Å². The van der Waals surface area contributed by atoms with Gasteiger partial charge in [0.05, 0.1) is 6.04 Å². The van der Waals surface area contributed by atoms with E-state index in [0.29, 0.717) is 36.5 Å². The molecule has 0 saturated carbocycles. The van der Waals surface area contributed by atoms with Crippen molar-refractivity contribution in [2.45, 2.75) is 52.0 Å². The third-order valence-corrected chi connectivity index (χ3v) is 9.29. The van der Waals surface area contributed by atoms with Gasteiger partial charge in [0.15, 0.2) is 0 Å². The molecule has 0 spiro atoms. The van der Waals surface area contributed by atoms with Gasteiger partial charge in [0.1, 0.15) is 30.4 Å². The lowest BCUT2D eigenvalue weighted by atomic mass is 9.82. The molecule has 14 heteroatoms. The van der Waals surface area contributed by atoms with Gasteiger partial charge in [-0.2, -0.15) is 11.8 Å². The Morgan fingerprint density at radius 2 is 1.70 bits per heavy atom. The first kappa shape index (κ1) is 38.4. The standard InChI is InChI=1S/C36H43F2N5O6S/c1-36(2,3)34(29-16-24(26-17-25(37)10-11-27(26)38)19-41(29)18-23-8-5-4-6-9-23)42(15-7-14-39)33(47)22-50-21-28(35(48)49)40-30(44)20-43-31(45)12-13-32(43)46/h4-6,8-13,16-17,19,28,33-34,47H,7,14-15,18,20-22,39H2,1-3H3,(H,40,44)(H,48,49)/t28-,33?,34-/m0/s1. The van der Waals surface area contributed by atoms with Crippen LogP contribution in [0.1, 0.15) is 44.5 Å². The lowest BCUT2D eigenvalue weighted by Crippen LogP contribution is -2.49. The van der Waals surface area contributed by atoms with Crippen LogP contribution >= 0.6 is 11.8 Å². The van der Waals surface area contributed by atoms with Gasteiger partial charge in [0, 0.05) is 59.8 Å². The number of aliphatic carboxylic acids is 1. The Hall–Kier alpha value is -4.37. The van der Waals surface area contributed by atoms with E-state index in [0.717, 1.165) is 53.4 Å². The number of aromatic nitrogens is 1. The van der Waals surface area contributed by atoms with Gasteiger partial charge in [-0.3, -0.25) is 24.2 Å². The Bertz CT molecular complexity index is 1690. The molecule has 3 amide bonds. The molecule has 0 fully saturated rings. The number of thioether (sulfide) groups is 1. The molecular formula is C36H43F2N5O6S. The van der Waals surface area contributed by atoms with Crippen LogP contribution in [0.3, 0.4) is 0 Å². The van der Waals surface area contributed by atoms with E-state index < -0.39 is 65.6 Å². The normalized spacial score (nSPS) is 15.1. The van der Waals surface area contributed by atoms with Crippen LogP contribution in [0.2, 0.25) is 0 Å². The quantitative estimate of drug-likeness (QED) is 0.121. The number of benzene rings is 2. The summed E-state index contributed by atoms with van der Waals surface area (Å²) in [6.45, 7) is 6.53. The molecular weight excluding hydrogens is 668 g/mol. The van der Waals surface area contributed by atoms with Crippen LogP contribution < -0.4 is 11.1 Å². The molecule has 0 radical (unpaired) electrons. The highest BCUT2D eigenvalue weighted by Gasteiger charge is 2.38. The van der Waals surface area contributed by atoms with Crippen molar-refractivity contribution < 1.29 is 38.2 Å². The molecule has 1 aliphatic rings. The van der Waals surface area contributed by atoms with Crippen LogP contribution in [0.15, 0.2) is 72.9 Å². The first-order chi connectivity index (χ1) is 23.7. The highest BCUT2D eigenvalue weighted by Crippen LogP contribution is 2.42. The predicted molar refractivity (Wildman–Crippen MR) is 187 cm³/mol. The molecule has 50 heavy (non-hydrogen) atoms. The maximum atomic E-state index is 15.0. The van der Waals surface area contributed by atoms with E-state index in [1.807, 2.05) is 66.6 Å². The number of nitrogens with zero attached hydrogens (tertiary/aromatic N) is 3. The molecule has 1 unspecified atom stereocenters. The van der Waals surface area contributed by atoms with E-state index in [-0.39, 0.29) is 17.1 Å². The van der Waals surface area contributed by atoms with E-state index in [4.69, 9.17) is 5.73 Å². The lowest BCUT2D eigenvalue weighted by molar-refractivity contribution is -0.143. The second-order valence-electron chi connectivity index (χ2n) is 13.1. The second-order valence-corrected chi connectivity index (χ2v) is 14.2. The Morgan fingerprint density at radius 3 is 2.32 bits per heavy atom. The van der Waals surface area contributed by atoms with Crippen molar-refractivity contribution in [3.8, 4) is 11.1 Å². The number of carbonyl (C=O) groups is 4. The average molecular weight is 712 g/mol. The summed E-state index contributed by atoms with van der Waals surface area (Å²) < 4.78 is 31.3. The lowest BCUT2D eigenvalue weighted by Gasteiger charge is -2.43. The summed E-state index contributed by atoms with van der Waals surface area (Å²) in [5, 5.41) is 23.8. The van der Waals surface area contributed by atoms with E-state index in [9.17, 15) is 33.8 Å². The fourth-order valence-corrected chi connectivity index (χ4v) is 6.91. The second kappa shape index (κ2) is 17.0. The van der Waals surface area contributed by atoms with Crippen LogP contribution in [0.4, 0.5) is 8.78 Å². The SMILES string of the molecule is CC(C)(C)[C@H](c1cc(-c2cc(F)ccc2F)cn1Cc1ccccc1)N(CCCN)C(O)CSC[C@H](NC(=O)CN1C(=O)C=CC1=O)C(=O)O. The van der Waals surface area contributed by atoms with Crippen molar-refractivity contribution in [2.24, 2.45) is 11.1 Å². The monoisotopic (exact) mass is 711 g/mol. The van der Waals surface area contributed by atoms with Crippen LogP contribution in [-0.2, 0) is 25.7 Å². The highest BCUT2D eigenvalue weighted by molar-refractivity contribution is 7.99. The van der Waals surface area contributed by atoms with Gasteiger partial charge in [-0.1, -0.05) is 51.1 Å². The number of carboxylic acids is 1. The van der Waals surface area contributed by atoms with Gasteiger partial charge in [-0.25, -0.2) is 13.6 Å². The zero-order chi connectivity index (χ0) is 36.6. The predicted octanol–water partition coefficient (Wildman–Crippen LogP) is 3.77. The zero-order valence-corrected chi connectivity index (χ0v) is 29.0. The number of carboxylic acid groups (broad SMARTS) is 1. The summed E-state index contributed by atoms with van der Waals surface area (Å²) in [7, 11) is 0.